The van der Waals surface area contributed by atoms with Gasteiger partial charge in [-0.1, -0.05) is 26.7 Å². The van der Waals surface area contributed by atoms with Gasteiger partial charge in [0.25, 0.3) is 0 Å². The lowest BCUT2D eigenvalue weighted by Crippen LogP contribution is -2.27. The van der Waals surface area contributed by atoms with E-state index in [0.29, 0.717) is 12.5 Å². The van der Waals surface area contributed by atoms with E-state index in [1.807, 2.05) is 13.8 Å². The highest BCUT2D eigenvalue weighted by Crippen LogP contribution is 2.15. The van der Waals surface area contributed by atoms with Crippen molar-refractivity contribution in [1.29, 1.82) is 0 Å². The van der Waals surface area contributed by atoms with Gasteiger partial charge in [-0.05, 0) is 26.2 Å². The lowest BCUT2D eigenvalue weighted by molar-refractivity contribution is -0.0308. The van der Waals surface area contributed by atoms with Crippen molar-refractivity contribution < 1.29 is 9.84 Å². The molecule has 0 aromatic rings. The molecule has 2 nitrogen and oxygen atoms in total. The van der Waals surface area contributed by atoms with E-state index in [1.165, 1.54) is 12.8 Å². The van der Waals surface area contributed by atoms with Crippen LogP contribution in [0.15, 0.2) is 0 Å². The van der Waals surface area contributed by atoms with Gasteiger partial charge in [0.15, 0.2) is 0 Å². The van der Waals surface area contributed by atoms with Crippen molar-refractivity contribution in [2.45, 2.75) is 59.2 Å². The minimum Gasteiger partial charge on any atom is -0.390 e. The highest BCUT2D eigenvalue weighted by atomic mass is 16.5. The van der Waals surface area contributed by atoms with Gasteiger partial charge in [0.2, 0.25) is 0 Å². The summed E-state index contributed by atoms with van der Waals surface area (Å²) in [6, 6.07) is 0. The lowest BCUT2D eigenvalue weighted by Gasteiger charge is -2.21. The number of aliphatic hydroxyl groups excluding tert-OH is 1. The van der Waals surface area contributed by atoms with Crippen LogP contribution in [0.4, 0.5) is 0 Å². The van der Waals surface area contributed by atoms with Crippen molar-refractivity contribution in [2.24, 2.45) is 5.92 Å². The molecule has 0 saturated heterocycles. The molecule has 0 rings (SSSR count). The van der Waals surface area contributed by atoms with Crippen LogP contribution >= 0.6 is 0 Å². The molecule has 0 aromatic carbocycles. The van der Waals surface area contributed by atoms with Crippen LogP contribution in [0.25, 0.3) is 0 Å². The topological polar surface area (TPSA) is 29.5 Å². The standard InChI is InChI=1S/C11H24O2/c1-5-7-9(3)8-11(12)10(4)13-6-2/h9-12H,5-8H2,1-4H3. The van der Waals surface area contributed by atoms with Crippen LogP contribution in [0.2, 0.25) is 0 Å². The van der Waals surface area contributed by atoms with E-state index in [1.54, 1.807) is 0 Å². The SMILES string of the molecule is CCCC(C)CC(O)C(C)OCC. The number of hydrogen-bond donors (Lipinski definition) is 1. The van der Waals surface area contributed by atoms with Gasteiger partial charge in [0.05, 0.1) is 12.2 Å². The van der Waals surface area contributed by atoms with Gasteiger partial charge >= 0.3 is 0 Å². The maximum atomic E-state index is 9.72. The summed E-state index contributed by atoms with van der Waals surface area (Å²) in [6.45, 7) is 8.94. The van der Waals surface area contributed by atoms with E-state index in [4.69, 9.17) is 4.74 Å². The first-order chi connectivity index (χ1) is 6.11. The summed E-state index contributed by atoms with van der Waals surface area (Å²) >= 11 is 0. The Labute approximate surface area is 82.3 Å². The predicted octanol–water partition coefficient (Wildman–Crippen LogP) is 2.60. The minimum atomic E-state index is -0.304. The summed E-state index contributed by atoms with van der Waals surface area (Å²) < 4.78 is 5.33. The third-order valence-electron chi connectivity index (χ3n) is 2.40. The summed E-state index contributed by atoms with van der Waals surface area (Å²) in [7, 11) is 0. The van der Waals surface area contributed by atoms with E-state index in [2.05, 4.69) is 13.8 Å². The molecule has 0 spiro atoms. The minimum absolute atomic E-state index is 0.0238. The summed E-state index contributed by atoms with van der Waals surface area (Å²) in [5, 5.41) is 9.72. The number of hydrogen-bond acceptors (Lipinski definition) is 2. The first-order valence-electron chi connectivity index (χ1n) is 5.41. The second-order valence-corrected chi connectivity index (χ2v) is 3.86. The van der Waals surface area contributed by atoms with Crippen molar-refractivity contribution in [3.05, 3.63) is 0 Å². The second-order valence-electron chi connectivity index (χ2n) is 3.86. The molecule has 0 fully saturated rings. The first kappa shape index (κ1) is 12.9. The van der Waals surface area contributed by atoms with E-state index < -0.39 is 0 Å². The molecular weight excluding hydrogens is 164 g/mol. The van der Waals surface area contributed by atoms with Gasteiger partial charge in [-0.15, -0.1) is 0 Å². The Hall–Kier alpha value is -0.0800. The number of rotatable bonds is 7. The molecule has 0 amide bonds. The third-order valence-corrected chi connectivity index (χ3v) is 2.40. The van der Waals surface area contributed by atoms with Crippen LogP contribution in [0.3, 0.4) is 0 Å². The van der Waals surface area contributed by atoms with Crippen LogP contribution in [0, 0.1) is 5.92 Å². The number of aliphatic hydroxyl groups is 1. The van der Waals surface area contributed by atoms with Crippen LogP contribution in [-0.2, 0) is 4.74 Å². The normalized spacial score (nSPS) is 18.2. The van der Waals surface area contributed by atoms with Gasteiger partial charge in [0.1, 0.15) is 0 Å². The van der Waals surface area contributed by atoms with Crippen LogP contribution < -0.4 is 0 Å². The molecule has 80 valence electrons. The Morgan fingerprint density at radius 3 is 2.31 bits per heavy atom. The quantitative estimate of drug-likeness (QED) is 0.665. The lowest BCUT2D eigenvalue weighted by atomic mass is 9.96. The molecule has 0 heterocycles. The second kappa shape index (κ2) is 7.34. The fraction of sp³-hybridized carbons (Fsp3) is 1.00. The fourth-order valence-electron chi connectivity index (χ4n) is 1.59. The molecule has 13 heavy (non-hydrogen) atoms. The predicted molar refractivity (Wildman–Crippen MR) is 55.8 cm³/mol. The molecule has 0 aliphatic rings. The maximum absolute atomic E-state index is 9.72. The Balaban J connectivity index is 3.64. The third kappa shape index (κ3) is 6.05. The Morgan fingerprint density at radius 1 is 1.23 bits per heavy atom. The van der Waals surface area contributed by atoms with Gasteiger partial charge in [0, 0.05) is 6.61 Å². The van der Waals surface area contributed by atoms with Crippen LogP contribution in [0.5, 0.6) is 0 Å². The van der Waals surface area contributed by atoms with Crippen molar-refractivity contribution in [1.82, 2.24) is 0 Å². The average Bonchev–Trinajstić information content (AvgIpc) is 2.05. The fourth-order valence-corrected chi connectivity index (χ4v) is 1.59. The van der Waals surface area contributed by atoms with Crippen LogP contribution in [0.1, 0.15) is 47.0 Å². The Kier molecular flexibility index (Phi) is 7.29. The molecule has 2 heteroatoms. The summed E-state index contributed by atoms with van der Waals surface area (Å²) in [6.07, 6.45) is 2.91. The van der Waals surface area contributed by atoms with Gasteiger partial charge in [-0.3, -0.25) is 0 Å². The van der Waals surface area contributed by atoms with E-state index >= 15 is 0 Å². The molecule has 0 saturated carbocycles. The molecule has 3 unspecified atom stereocenters. The summed E-state index contributed by atoms with van der Waals surface area (Å²) in [5.74, 6) is 0.600. The zero-order chi connectivity index (χ0) is 10.3. The number of ether oxygens (including phenoxy) is 1. The van der Waals surface area contributed by atoms with Gasteiger partial charge in [-0.25, -0.2) is 0 Å². The monoisotopic (exact) mass is 188 g/mol. The van der Waals surface area contributed by atoms with E-state index in [0.717, 1.165) is 6.42 Å². The van der Waals surface area contributed by atoms with Gasteiger partial charge < -0.3 is 9.84 Å². The molecule has 0 radical (unpaired) electrons. The molecule has 0 aliphatic heterocycles. The molecule has 0 aliphatic carbocycles. The first-order valence-corrected chi connectivity index (χ1v) is 5.41. The molecule has 0 aromatic heterocycles. The largest absolute Gasteiger partial charge is 0.390 e. The smallest absolute Gasteiger partial charge is 0.0805 e. The summed E-state index contributed by atoms with van der Waals surface area (Å²) in [5.41, 5.74) is 0. The molecule has 0 bridgehead atoms. The van der Waals surface area contributed by atoms with E-state index in [9.17, 15) is 5.11 Å². The Morgan fingerprint density at radius 2 is 1.85 bits per heavy atom. The van der Waals surface area contributed by atoms with Crippen molar-refractivity contribution in [3.8, 4) is 0 Å². The molecule has 1 N–H and O–H groups in total. The van der Waals surface area contributed by atoms with Crippen molar-refractivity contribution in [2.75, 3.05) is 6.61 Å². The molecule has 3 atom stereocenters. The molecular formula is C11H24O2. The average molecular weight is 188 g/mol. The van der Waals surface area contributed by atoms with Crippen LogP contribution in [-0.4, -0.2) is 23.9 Å². The van der Waals surface area contributed by atoms with Crippen molar-refractivity contribution in [3.63, 3.8) is 0 Å². The summed E-state index contributed by atoms with van der Waals surface area (Å²) in [4.78, 5) is 0. The highest BCUT2D eigenvalue weighted by molar-refractivity contribution is 4.67. The van der Waals surface area contributed by atoms with Crippen molar-refractivity contribution >= 4 is 0 Å². The zero-order valence-corrected chi connectivity index (χ0v) is 9.42. The Bertz CT molecular complexity index is 115. The van der Waals surface area contributed by atoms with Gasteiger partial charge in [-0.2, -0.15) is 0 Å². The zero-order valence-electron chi connectivity index (χ0n) is 9.42. The maximum Gasteiger partial charge on any atom is 0.0805 e. The highest BCUT2D eigenvalue weighted by Gasteiger charge is 2.16. The van der Waals surface area contributed by atoms with E-state index in [-0.39, 0.29) is 12.2 Å².